The van der Waals surface area contributed by atoms with Crippen LogP contribution in [0.5, 0.6) is 0 Å². The minimum Gasteiger partial charge on any atom is -0.384 e. The van der Waals surface area contributed by atoms with Crippen molar-refractivity contribution in [3.8, 4) is 0 Å². The minimum atomic E-state index is -0.227. The third-order valence-corrected chi connectivity index (χ3v) is 2.79. The monoisotopic (exact) mass is 220 g/mol. The SMILES string of the molecule is Nc1ccc(Sc2ccc(F)cc2)cn1. The van der Waals surface area contributed by atoms with E-state index in [-0.39, 0.29) is 5.82 Å². The van der Waals surface area contributed by atoms with E-state index in [9.17, 15) is 4.39 Å². The van der Waals surface area contributed by atoms with Gasteiger partial charge in [-0.05, 0) is 36.4 Å². The van der Waals surface area contributed by atoms with Gasteiger partial charge >= 0.3 is 0 Å². The Morgan fingerprint density at radius 3 is 2.27 bits per heavy atom. The van der Waals surface area contributed by atoms with Crippen LogP contribution in [0.1, 0.15) is 0 Å². The highest BCUT2D eigenvalue weighted by molar-refractivity contribution is 7.99. The van der Waals surface area contributed by atoms with Crippen molar-refractivity contribution in [3.63, 3.8) is 0 Å². The summed E-state index contributed by atoms with van der Waals surface area (Å²) in [5, 5.41) is 0. The normalized spacial score (nSPS) is 10.2. The van der Waals surface area contributed by atoms with Gasteiger partial charge in [0.05, 0.1) is 0 Å². The molecule has 76 valence electrons. The summed E-state index contributed by atoms with van der Waals surface area (Å²) in [6.07, 6.45) is 1.70. The molecule has 1 heterocycles. The van der Waals surface area contributed by atoms with Gasteiger partial charge in [-0.1, -0.05) is 11.8 Å². The maximum Gasteiger partial charge on any atom is 0.123 e. The number of pyridine rings is 1. The lowest BCUT2D eigenvalue weighted by atomic mass is 10.4. The Morgan fingerprint density at radius 2 is 1.67 bits per heavy atom. The molecule has 2 aromatic rings. The first-order valence-electron chi connectivity index (χ1n) is 4.39. The number of nitrogens with zero attached hydrogens (tertiary/aromatic N) is 1. The van der Waals surface area contributed by atoms with Crippen LogP contribution in [-0.2, 0) is 0 Å². The lowest BCUT2D eigenvalue weighted by Crippen LogP contribution is -1.87. The summed E-state index contributed by atoms with van der Waals surface area (Å²) in [5.41, 5.74) is 5.47. The van der Waals surface area contributed by atoms with E-state index >= 15 is 0 Å². The van der Waals surface area contributed by atoms with E-state index in [2.05, 4.69) is 4.98 Å². The fourth-order valence-electron chi connectivity index (χ4n) is 1.09. The molecule has 0 spiro atoms. The zero-order chi connectivity index (χ0) is 10.7. The van der Waals surface area contributed by atoms with Crippen LogP contribution in [0, 0.1) is 5.82 Å². The molecule has 0 unspecified atom stereocenters. The van der Waals surface area contributed by atoms with Crippen LogP contribution in [-0.4, -0.2) is 4.98 Å². The highest BCUT2D eigenvalue weighted by atomic mass is 32.2. The van der Waals surface area contributed by atoms with Gasteiger partial charge in [-0.3, -0.25) is 0 Å². The van der Waals surface area contributed by atoms with Crippen LogP contribution in [0.4, 0.5) is 10.2 Å². The molecule has 0 amide bonds. The fourth-order valence-corrected chi connectivity index (χ4v) is 1.88. The van der Waals surface area contributed by atoms with Crippen molar-refractivity contribution in [2.24, 2.45) is 0 Å². The van der Waals surface area contributed by atoms with Crippen LogP contribution in [0.3, 0.4) is 0 Å². The molecule has 0 saturated heterocycles. The minimum absolute atomic E-state index is 0.227. The van der Waals surface area contributed by atoms with Crippen molar-refractivity contribution < 1.29 is 4.39 Å². The molecule has 0 saturated carbocycles. The summed E-state index contributed by atoms with van der Waals surface area (Å²) in [6.45, 7) is 0. The molecule has 0 aliphatic rings. The Bertz CT molecular complexity index is 396. The number of anilines is 1. The number of hydrogen-bond acceptors (Lipinski definition) is 3. The third kappa shape index (κ3) is 2.70. The molecule has 0 atom stereocenters. The second-order valence-corrected chi connectivity index (χ2v) is 4.12. The van der Waals surface area contributed by atoms with Crippen LogP contribution < -0.4 is 5.73 Å². The second kappa shape index (κ2) is 4.31. The predicted molar refractivity (Wildman–Crippen MR) is 59.2 cm³/mol. The molecule has 1 aromatic heterocycles. The van der Waals surface area contributed by atoms with Gasteiger partial charge in [0.25, 0.3) is 0 Å². The second-order valence-electron chi connectivity index (χ2n) is 2.97. The first kappa shape index (κ1) is 9.98. The predicted octanol–water partition coefficient (Wildman–Crippen LogP) is 2.95. The maximum atomic E-state index is 12.6. The molecule has 4 heteroatoms. The van der Waals surface area contributed by atoms with Crippen LogP contribution >= 0.6 is 11.8 Å². The van der Waals surface area contributed by atoms with Crippen molar-refractivity contribution in [3.05, 3.63) is 48.4 Å². The molecular formula is C11H9FN2S. The molecule has 0 aliphatic heterocycles. The van der Waals surface area contributed by atoms with E-state index in [0.717, 1.165) is 9.79 Å². The van der Waals surface area contributed by atoms with E-state index in [1.165, 1.54) is 23.9 Å². The smallest absolute Gasteiger partial charge is 0.123 e. The summed E-state index contributed by atoms with van der Waals surface area (Å²) in [5.74, 6) is 0.272. The largest absolute Gasteiger partial charge is 0.384 e. The summed E-state index contributed by atoms with van der Waals surface area (Å²) in [7, 11) is 0. The molecular weight excluding hydrogens is 211 g/mol. The Morgan fingerprint density at radius 1 is 1.00 bits per heavy atom. The number of rotatable bonds is 2. The highest BCUT2D eigenvalue weighted by Crippen LogP contribution is 2.27. The Labute approximate surface area is 91.3 Å². The first-order chi connectivity index (χ1) is 7.24. The van der Waals surface area contributed by atoms with Gasteiger partial charge in [0.2, 0.25) is 0 Å². The van der Waals surface area contributed by atoms with Crippen molar-refractivity contribution in [1.82, 2.24) is 4.98 Å². The van der Waals surface area contributed by atoms with E-state index in [1.54, 1.807) is 24.4 Å². The van der Waals surface area contributed by atoms with Gasteiger partial charge in [-0.2, -0.15) is 0 Å². The summed E-state index contributed by atoms with van der Waals surface area (Å²) in [4.78, 5) is 5.93. The molecule has 0 fully saturated rings. The molecule has 0 aliphatic carbocycles. The van der Waals surface area contributed by atoms with Crippen LogP contribution in [0.2, 0.25) is 0 Å². The van der Waals surface area contributed by atoms with Gasteiger partial charge in [0.15, 0.2) is 0 Å². The Balaban J connectivity index is 2.15. The molecule has 15 heavy (non-hydrogen) atoms. The number of nitrogen functional groups attached to an aromatic ring is 1. The zero-order valence-electron chi connectivity index (χ0n) is 7.85. The van der Waals surface area contributed by atoms with Crippen molar-refractivity contribution in [2.75, 3.05) is 5.73 Å². The summed E-state index contributed by atoms with van der Waals surface area (Å²) < 4.78 is 12.6. The number of hydrogen-bond donors (Lipinski definition) is 1. The van der Waals surface area contributed by atoms with Gasteiger partial charge in [-0.25, -0.2) is 9.37 Å². The molecule has 0 bridgehead atoms. The average molecular weight is 220 g/mol. The number of benzene rings is 1. The molecule has 2 rings (SSSR count). The number of nitrogens with two attached hydrogens (primary N) is 1. The standard InChI is InChI=1S/C11H9FN2S/c12-8-1-3-9(4-2-8)15-10-5-6-11(13)14-7-10/h1-7H,(H2,13,14). The summed E-state index contributed by atoms with van der Waals surface area (Å²) >= 11 is 1.52. The number of aromatic nitrogens is 1. The molecule has 2 N–H and O–H groups in total. The van der Waals surface area contributed by atoms with Crippen molar-refractivity contribution in [2.45, 2.75) is 9.79 Å². The third-order valence-electron chi connectivity index (χ3n) is 1.81. The van der Waals surface area contributed by atoms with Crippen molar-refractivity contribution >= 4 is 17.6 Å². The van der Waals surface area contributed by atoms with Gasteiger partial charge in [-0.15, -0.1) is 0 Å². The maximum absolute atomic E-state index is 12.6. The van der Waals surface area contributed by atoms with Gasteiger partial charge < -0.3 is 5.73 Å². The topological polar surface area (TPSA) is 38.9 Å². The quantitative estimate of drug-likeness (QED) is 0.845. The van der Waals surface area contributed by atoms with E-state index < -0.39 is 0 Å². The molecule has 2 nitrogen and oxygen atoms in total. The lowest BCUT2D eigenvalue weighted by molar-refractivity contribution is 0.626. The molecule has 1 aromatic carbocycles. The van der Waals surface area contributed by atoms with Crippen LogP contribution in [0.25, 0.3) is 0 Å². The van der Waals surface area contributed by atoms with Gasteiger partial charge in [0, 0.05) is 16.0 Å². The summed E-state index contributed by atoms with van der Waals surface area (Å²) in [6, 6.07) is 9.97. The fraction of sp³-hybridized carbons (Fsp3) is 0. The molecule has 0 radical (unpaired) electrons. The Kier molecular flexibility index (Phi) is 2.87. The van der Waals surface area contributed by atoms with Crippen molar-refractivity contribution in [1.29, 1.82) is 0 Å². The number of halogens is 1. The lowest BCUT2D eigenvalue weighted by Gasteiger charge is -2.01. The van der Waals surface area contributed by atoms with E-state index in [0.29, 0.717) is 5.82 Å². The average Bonchev–Trinajstić information content (AvgIpc) is 2.25. The first-order valence-corrected chi connectivity index (χ1v) is 5.20. The Hall–Kier alpha value is -1.55. The zero-order valence-corrected chi connectivity index (χ0v) is 8.67. The van der Waals surface area contributed by atoms with Gasteiger partial charge in [0.1, 0.15) is 11.6 Å². The van der Waals surface area contributed by atoms with E-state index in [4.69, 9.17) is 5.73 Å². The highest BCUT2D eigenvalue weighted by Gasteiger charge is 1.98. The van der Waals surface area contributed by atoms with E-state index in [1.807, 2.05) is 6.07 Å². The van der Waals surface area contributed by atoms with Crippen LogP contribution in [0.15, 0.2) is 52.4 Å².